The first-order valence-corrected chi connectivity index (χ1v) is 12.3. The molecule has 10 heteroatoms. The summed E-state index contributed by atoms with van der Waals surface area (Å²) < 4.78 is 70.8. The predicted octanol–water partition coefficient (Wildman–Crippen LogP) is 4.77. The molecule has 5 nitrogen and oxygen atoms in total. The highest BCUT2D eigenvalue weighted by Crippen LogP contribution is 2.38. The van der Waals surface area contributed by atoms with Crippen molar-refractivity contribution in [3.05, 3.63) is 52.1 Å². The summed E-state index contributed by atoms with van der Waals surface area (Å²) in [5.41, 5.74) is 1.91. The molecule has 2 aromatic carbocycles. The third-order valence-electron chi connectivity index (χ3n) is 5.03. The van der Waals surface area contributed by atoms with Gasteiger partial charge in [-0.15, -0.1) is 0 Å². The lowest BCUT2D eigenvalue weighted by molar-refractivity contribution is -0.140. The number of rotatable bonds is 4. The summed E-state index contributed by atoms with van der Waals surface area (Å²) in [6.45, 7) is -0.615. The van der Waals surface area contributed by atoms with Crippen molar-refractivity contribution in [1.82, 2.24) is 4.57 Å². The van der Waals surface area contributed by atoms with Gasteiger partial charge in [0, 0.05) is 28.1 Å². The maximum atomic E-state index is 13.1. The van der Waals surface area contributed by atoms with Crippen LogP contribution in [0.3, 0.4) is 0 Å². The number of aromatic nitrogens is 1. The molecule has 3 aromatic rings. The average molecular weight is 527 g/mol. The zero-order chi connectivity index (χ0) is 23.1. The van der Waals surface area contributed by atoms with Crippen molar-refractivity contribution in [2.24, 2.45) is 0 Å². The lowest BCUT2D eigenvalue weighted by Crippen LogP contribution is -2.18. The van der Waals surface area contributed by atoms with Crippen LogP contribution in [0.1, 0.15) is 11.3 Å². The first kappa shape index (κ1) is 22.6. The first-order valence-electron chi connectivity index (χ1n) is 9.60. The number of nitrogens with one attached hydrogen (secondary N) is 1. The predicted molar refractivity (Wildman–Crippen MR) is 120 cm³/mol. The Labute approximate surface area is 191 Å². The number of sulfone groups is 1. The van der Waals surface area contributed by atoms with Gasteiger partial charge in [0.2, 0.25) is 0 Å². The van der Waals surface area contributed by atoms with Gasteiger partial charge in [-0.3, -0.25) is 0 Å². The highest BCUT2D eigenvalue weighted by Gasteiger charge is 2.30. The van der Waals surface area contributed by atoms with Crippen LogP contribution in [0.15, 0.2) is 45.8 Å². The molecule has 0 spiro atoms. The molecule has 1 aromatic heterocycles. The van der Waals surface area contributed by atoms with E-state index in [1.807, 2.05) is 0 Å². The van der Waals surface area contributed by atoms with E-state index in [0.29, 0.717) is 45.4 Å². The van der Waals surface area contributed by atoms with E-state index < -0.39 is 22.6 Å². The smallest absolute Gasteiger partial charge is 0.406 e. The van der Waals surface area contributed by atoms with E-state index in [1.165, 1.54) is 6.07 Å². The molecular formula is C22H18BrF3N2O3S. The van der Waals surface area contributed by atoms with Gasteiger partial charge in [-0.05, 0) is 36.3 Å². The second kappa shape index (κ2) is 8.37. The van der Waals surface area contributed by atoms with E-state index in [4.69, 9.17) is 4.74 Å². The van der Waals surface area contributed by atoms with Crippen molar-refractivity contribution in [2.75, 3.05) is 24.7 Å². The van der Waals surface area contributed by atoms with Crippen LogP contribution in [0.2, 0.25) is 0 Å². The van der Waals surface area contributed by atoms with Crippen LogP contribution in [0.5, 0.6) is 5.75 Å². The van der Waals surface area contributed by atoms with Crippen LogP contribution in [-0.2, 0) is 22.8 Å². The zero-order valence-corrected chi connectivity index (χ0v) is 19.3. The van der Waals surface area contributed by atoms with Gasteiger partial charge in [0.05, 0.1) is 34.9 Å². The highest BCUT2D eigenvalue weighted by molar-refractivity contribution is 9.10. The van der Waals surface area contributed by atoms with E-state index in [1.54, 1.807) is 30.3 Å². The zero-order valence-electron chi connectivity index (χ0n) is 16.9. The molecule has 0 amide bonds. The van der Waals surface area contributed by atoms with Gasteiger partial charge >= 0.3 is 6.18 Å². The molecule has 1 N–H and O–H groups in total. The molecule has 0 fully saturated rings. The fourth-order valence-electron chi connectivity index (χ4n) is 3.73. The van der Waals surface area contributed by atoms with Crippen LogP contribution in [-0.4, -0.2) is 38.6 Å². The Morgan fingerprint density at radius 1 is 1.25 bits per heavy atom. The molecule has 0 aliphatic carbocycles. The maximum absolute atomic E-state index is 13.1. The first-order chi connectivity index (χ1) is 15.0. The number of fused-ring (bicyclic) bond motifs is 2. The van der Waals surface area contributed by atoms with E-state index in [2.05, 4.69) is 33.1 Å². The fourth-order valence-corrected chi connectivity index (χ4v) is 5.16. The van der Waals surface area contributed by atoms with Crippen molar-refractivity contribution < 1.29 is 26.3 Å². The normalized spacial score (nSPS) is 13.4. The van der Waals surface area contributed by atoms with Gasteiger partial charge < -0.3 is 14.6 Å². The van der Waals surface area contributed by atoms with Crippen molar-refractivity contribution in [3.8, 4) is 17.6 Å². The SMILES string of the molecule is CS(=O)(=O)c1ccc(NCC#Cc2cc3c(Br)cccc3n2CC(F)(F)F)c2c1CCO2. The van der Waals surface area contributed by atoms with Crippen molar-refractivity contribution in [3.63, 3.8) is 0 Å². The van der Waals surface area contributed by atoms with E-state index >= 15 is 0 Å². The van der Waals surface area contributed by atoms with E-state index in [0.717, 1.165) is 10.8 Å². The summed E-state index contributed by atoms with van der Waals surface area (Å²) in [6, 6.07) is 9.83. The topological polar surface area (TPSA) is 60.3 Å². The summed E-state index contributed by atoms with van der Waals surface area (Å²) in [4.78, 5) is 0.240. The van der Waals surface area contributed by atoms with Gasteiger partial charge in [0.25, 0.3) is 0 Å². The maximum Gasteiger partial charge on any atom is 0.406 e. The van der Waals surface area contributed by atoms with Crippen LogP contribution in [0.4, 0.5) is 18.9 Å². The molecular weight excluding hydrogens is 509 g/mol. The molecule has 4 rings (SSSR count). The summed E-state index contributed by atoms with van der Waals surface area (Å²) in [6.07, 6.45) is -2.74. The number of hydrogen-bond donors (Lipinski definition) is 1. The van der Waals surface area contributed by atoms with Gasteiger partial charge in [0.15, 0.2) is 9.84 Å². The van der Waals surface area contributed by atoms with Gasteiger partial charge in [-0.25, -0.2) is 8.42 Å². The van der Waals surface area contributed by atoms with Crippen LogP contribution < -0.4 is 10.1 Å². The third-order valence-corrected chi connectivity index (χ3v) is 6.90. The largest absolute Gasteiger partial charge is 0.491 e. The van der Waals surface area contributed by atoms with Crippen molar-refractivity contribution in [2.45, 2.75) is 24.0 Å². The van der Waals surface area contributed by atoms with Crippen LogP contribution >= 0.6 is 15.9 Å². The van der Waals surface area contributed by atoms with Gasteiger partial charge in [-0.1, -0.05) is 27.9 Å². The lowest BCUT2D eigenvalue weighted by atomic mass is 10.1. The molecule has 1 aliphatic rings. The lowest BCUT2D eigenvalue weighted by Gasteiger charge is -2.12. The number of anilines is 1. The second-order valence-electron chi connectivity index (χ2n) is 7.35. The number of hydrogen-bond acceptors (Lipinski definition) is 4. The average Bonchev–Trinajstić information content (AvgIpc) is 3.30. The minimum Gasteiger partial charge on any atom is -0.491 e. The molecule has 0 saturated carbocycles. The van der Waals surface area contributed by atoms with E-state index in [-0.39, 0.29) is 17.1 Å². The third kappa shape index (κ3) is 4.59. The summed E-state index contributed by atoms with van der Waals surface area (Å²) in [5.74, 6) is 6.15. The standard InChI is InChI=1S/C22H18BrF3N2O3S/c1-32(29,30)20-8-7-18(21-15(20)9-11-31-21)27-10-3-4-14-12-16-17(23)5-2-6-19(16)28(14)13-22(24,25)26/h2,5-8,12,27H,9-11,13H2,1H3. The fraction of sp³-hybridized carbons (Fsp3) is 0.273. The molecule has 0 atom stereocenters. The highest BCUT2D eigenvalue weighted by atomic mass is 79.9. The number of halogens is 4. The van der Waals surface area contributed by atoms with Crippen LogP contribution in [0.25, 0.3) is 10.9 Å². The Morgan fingerprint density at radius 2 is 2.03 bits per heavy atom. The van der Waals surface area contributed by atoms with Crippen molar-refractivity contribution >= 4 is 42.4 Å². The second-order valence-corrected chi connectivity index (χ2v) is 10.2. The number of ether oxygens (including phenoxy) is 1. The Hall–Kier alpha value is -2.64. The number of nitrogens with zero attached hydrogens (tertiary/aromatic N) is 1. The minimum absolute atomic E-state index is 0.142. The molecule has 0 radical (unpaired) electrons. The molecule has 0 bridgehead atoms. The Bertz CT molecular complexity index is 1370. The van der Waals surface area contributed by atoms with E-state index in [9.17, 15) is 21.6 Å². The number of alkyl halides is 3. The number of benzene rings is 2. The Balaban J connectivity index is 1.60. The molecule has 32 heavy (non-hydrogen) atoms. The Kier molecular flexibility index (Phi) is 5.90. The summed E-state index contributed by atoms with van der Waals surface area (Å²) in [5, 5.41) is 3.72. The summed E-state index contributed by atoms with van der Waals surface area (Å²) >= 11 is 3.37. The Morgan fingerprint density at radius 3 is 2.75 bits per heavy atom. The monoisotopic (exact) mass is 526 g/mol. The molecule has 0 unspecified atom stereocenters. The molecule has 168 valence electrons. The van der Waals surface area contributed by atoms with Crippen molar-refractivity contribution in [1.29, 1.82) is 0 Å². The molecule has 0 saturated heterocycles. The molecule has 2 heterocycles. The quantitative estimate of drug-likeness (QED) is 0.497. The summed E-state index contributed by atoms with van der Waals surface area (Å²) in [7, 11) is -3.38. The minimum atomic E-state index is -4.39. The van der Waals surface area contributed by atoms with Crippen LogP contribution in [0, 0.1) is 11.8 Å². The van der Waals surface area contributed by atoms with Gasteiger partial charge in [-0.2, -0.15) is 13.2 Å². The van der Waals surface area contributed by atoms with Gasteiger partial charge in [0.1, 0.15) is 12.3 Å². The molecule has 1 aliphatic heterocycles.